The number of nitrogens with two attached hydrogens (primary N) is 1. The molecule has 0 radical (unpaired) electrons. The molecule has 0 saturated carbocycles. The Labute approximate surface area is 125 Å². The van der Waals surface area contributed by atoms with Gasteiger partial charge in [0.15, 0.2) is 0 Å². The minimum Gasteiger partial charge on any atom is -0.496 e. The third-order valence-corrected chi connectivity index (χ3v) is 5.32. The monoisotopic (exact) mass is 314 g/mol. The Morgan fingerprint density at radius 2 is 1.95 bits per heavy atom. The molecule has 1 aliphatic heterocycles. The normalized spacial score (nSPS) is 24.0. The van der Waals surface area contributed by atoms with Gasteiger partial charge in [0, 0.05) is 25.2 Å². The zero-order valence-corrected chi connectivity index (χ0v) is 13.4. The van der Waals surface area contributed by atoms with Crippen LogP contribution < -0.4 is 10.5 Å². The Hall–Kier alpha value is -1.15. The van der Waals surface area contributed by atoms with Crippen LogP contribution in [0.2, 0.25) is 0 Å². The summed E-state index contributed by atoms with van der Waals surface area (Å²) in [5.74, 6) is 0.597. The fourth-order valence-corrected chi connectivity index (χ4v) is 4.19. The Morgan fingerprint density at radius 1 is 1.33 bits per heavy atom. The van der Waals surface area contributed by atoms with Crippen molar-refractivity contribution in [3.63, 3.8) is 0 Å². The van der Waals surface area contributed by atoms with Crippen molar-refractivity contribution in [1.29, 1.82) is 0 Å². The van der Waals surface area contributed by atoms with Crippen molar-refractivity contribution in [3.8, 4) is 5.75 Å². The third kappa shape index (κ3) is 3.37. The maximum atomic E-state index is 12.7. The molecule has 2 N–H and O–H groups in total. The number of nitrogens with zero attached hydrogens (tertiary/aromatic N) is 1. The molecule has 1 aromatic rings. The standard InChI is InChI=1S/C14H22N2O4S/c1-10-8-16(9-11(2)20-10)21(17,18)13-4-5-14(19-3)12(6-13)7-15/h4-6,10-11H,7-9,15H2,1-3H3/t10-,11+. The molecular weight excluding hydrogens is 292 g/mol. The summed E-state index contributed by atoms with van der Waals surface area (Å²) in [7, 11) is -2.01. The second-order valence-electron chi connectivity index (χ2n) is 5.26. The minimum absolute atomic E-state index is 0.115. The quantitative estimate of drug-likeness (QED) is 0.895. The van der Waals surface area contributed by atoms with Gasteiger partial charge in [-0.25, -0.2) is 8.42 Å². The number of benzene rings is 1. The molecule has 7 heteroatoms. The van der Waals surface area contributed by atoms with E-state index in [1.54, 1.807) is 18.2 Å². The van der Waals surface area contributed by atoms with Crippen molar-refractivity contribution in [2.24, 2.45) is 5.73 Å². The van der Waals surface area contributed by atoms with Crippen LogP contribution in [-0.4, -0.2) is 45.1 Å². The smallest absolute Gasteiger partial charge is 0.243 e. The number of methoxy groups -OCH3 is 1. The minimum atomic E-state index is -3.54. The molecule has 0 aliphatic carbocycles. The van der Waals surface area contributed by atoms with E-state index in [1.807, 2.05) is 13.8 Å². The molecule has 6 nitrogen and oxygen atoms in total. The van der Waals surface area contributed by atoms with Crippen molar-refractivity contribution < 1.29 is 17.9 Å². The van der Waals surface area contributed by atoms with E-state index in [1.165, 1.54) is 11.4 Å². The van der Waals surface area contributed by atoms with Gasteiger partial charge in [0.1, 0.15) is 5.75 Å². The van der Waals surface area contributed by atoms with Gasteiger partial charge in [-0.1, -0.05) is 0 Å². The Bertz CT molecular complexity index is 593. The predicted molar refractivity (Wildman–Crippen MR) is 79.7 cm³/mol. The molecule has 21 heavy (non-hydrogen) atoms. The van der Waals surface area contributed by atoms with Crippen molar-refractivity contribution in [2.45, 2.75) is 37.5 Å². The lowest BCUT2D eigenvalue weighted by Gasteiger charge is -2.34. The van der Waals surface area contributed by atoms with Crippen molar-refractivity contribution in [1.82, 2.24) is 4.31 Å². The summed E-state index contributed by atoms with van der Waals surface area (Å²) in [5, 5.41) is 0. The molecule has 1 aliphatic rings. The fourth-order valence-electron chi connectivity index (χ4n) is 2.55. The number of ether oxygens (including phenoxy) is 2. The molecule has 0 aromatic heterocycles. The maximum absolute atomic E-state index is 12.7. The lowest BCUT2D eigenvalue weighted by Crippen LogP contribution is -2.48. The molecule has 2 atom stereocenters. The summed E-state index contributed by atoms with van der Waals surface area (Å²) >= 11 is 0. The van der Waals surface area contributed by atoms with Gasteiger partial charge in [-0.3, -0.25) is 0 Å². The average Bonchev–Trinajstić information content (AvgIpc) is 2.45. The van der Waals surface area contributed by atoms with Gasteiger partial charge < -0.3 is 15.2 Å². The highest BCUT2D eigenvalue weighted by Crippen LogP contribution is 2.26. The van der Waals surface area contributed by atoms with Crippen LogP contribution in [0.25, 0.3) is 0 Å². The largest absolute Gasteiger partial charge is 0.496 e. The van der Waals surface area contributed by atoms with Gasteiger partial charge >= 0.3 is 0 Å². The highest BCUT2D eigenvalue weighted by atomic mass is 32.2. The second-order valence-corrected chi connectivity index (χ2v) is 7.20. The number of hydrogen-bond acceptors (Lipinski definition) is 5. The van der Waals surface area contributed by atoms with E-state index in [0.717, 1.165) is 0 Å². The molecule has 1 aromatic carbocycles. The molecule has 0 unspecified atom stereocenters. The molecule has 2 rings (SSSR count). The summed E-state index contributed by atoms with van der Waals surface area (Å²) in [5.41, 5.74) is 6.33. The van der Waals surface area contributed by atoms with E-state index < -0.39 is 10.0 Å². The molecule has 0 bridgehead atoms. The van der Waals surface area contributed by atoms with Gasteiger partial charge in [-0.15, -0.1) is 0 Å². The topological polar surface area (TPSA) is 81.9 Å². The van der Waals surface area contributed by atoms with Gasteiger partial charge in [-0.05, 0) is 32.0 Å². The molecule has 118 valence electrons. The van der Waals surface area contributed by atoms with E-state index in [4.69, 9.17) is 15.2 Å². The van der Waals surface area contributed by atoms with Crippen molar-refractivity contribution in [3.05, 3.63) is 23.8 Å². The van der Waals surface area contributed by atoms with Crippen molar-refractivity contribution in [2.75, 3.05) is 20.2 Å². The lowest BCUT2D eigenvalue weighted by atomic mass is 10.2. The van der Waals surface area contributed by atoms with Crippen LogP contribution in [0.15, 0.2) is 23.1 Å². The van der Waals surface area contributed by atoms with Crippen LogP contribution >= 0.6 is 0 Å². The van der Waals surface area contributed by atoms with Gasteiger partial charge in [0.2, 0.25) is 10.0 Å². The van der Waals surface area contributed by atoms with E-state index in [-0.39, 0.29) is 23.6 Å². The van der Waals surface area contributed by atoms with Crippen LogP contribution in [0, 0.1) is 0 Å². The van der Waals surface area contributed by atoms with E-state index >= 15 is 0 Å². The summed E-state index contributed by atoms with van der Waals surface area (Å²) in [6, 6.07) is 4.78. The molecule has 1 saturated heterocycles. The second kappa shape index (κ2) is 6.31. The van der Waals surface area contributed by atoms with E-state index in [2.05, 4.69) is 0 Å². The van der Waals surface area contributed by atoms with Crippen molar-refractivity contribution >= 4 is 10.0 Å². The van der Waals surface area contributed by atoms with Crippen LogP contribution in [0.5, 0.6) is 5.75 Å². The van der Waals surface area contributed by atoms with Gasteiger partial charge in [-0.2, -0.15) is 4.31 Å². The lowest BCUT2D eigenvalue weighted by molar-refractivity contribution is -0.0440. The van der Waals surface area contributed by atoms with Crippen LogP contribution in [0.4, 0.5) is 0 Å². The zero-order valence-electron chi connectivity index (χ0n) is 12.6. The first kappa shape index (κ1) is 16.2. The first-order chi connectivity index (χ1) is 9.88. The first-order valence-electron chi connectivity index (χ1n) is 6.91. The highest BCUT2D eigenvalue weighted by Gasteiger charge is 2.32. The summed E-state index contributed by atoms with van der Waals surface area (Å²) in [6.45, 7) is 4.69. The van der Waals surface area contributed by atoms with Crippen LogP contribution in [-0.2, 0) is 21.3 Å². The molecule has 0 spiro atoms. The molecule has 0 amide bonds. The summed E-state index contributed by atoms with van der Waals surface area (Å²) in [6.07, 6.45) is -0.230. The number of sulfonamides is 1. The zero-order chi connectivity index (χ0) is 15.6. The van der Waals surface area contributed by atoms with E-state index in [9.17, 15) is 8.42 Å². The number of rotatable bonds is 4. The molecule has 1 heterocycles. The van der Waals surface area contributed by atoms with Crippen LogP contribution in [0.3, 0.4) is 0 Å². The Kier molecular flexibility index (Phi) is 4.88. The summed E-state index contributed by atoms with van der Waals surface area (Å²) < 4.78 is 37.7. The van der Waals surface area contributed by atoms with Gasteiger partial charge in [0.25, 0.3) is 0 Å². The first-order valence-corrected chi connectivity index (χ1v) is 8.35. The maximum Gasteiger partial charge on any atom is 0.243 e. The average molecular weight is 314 g/mol. The number of hydrogen-bond donors (Lipinski definition) is 1. The molecular formula is C14H22N2O4S. The summed E-state index contributed by atoms with van der Waals surface area (Å²) in [4.78, 5) is 0.241. The van der Waals surface area contributed by atoms with Crippen LogP contribution in [0.1, 0.15) is 19.4 Å². The van der Waals surface area contributed by atoms with Gasteiger partial charge in [0.05, 0.1) is 24.2 Å². The van der Waals surface area contributed by atoms with E-state index in [0.29, 0.717) is 24.4 Å². The third-order valence-electron chi connectivity index (χ3n) is 3.50. The predicted octanol–water partition coefficient (Wildman–Crippen LogP) is 0.952. The number of morpholine rings is 1. The SMILES string of the molecule is COc1ccc(S(=O)(=O)N2C[C@@H](C)O[C@@H](C)C2)cc1CN. The Balaban J connectivity index is 2.35. The fraction of sp³-hybridized carbons (Fsp3) is 0.571. The Morgan fingerprint density at radius 3 is 2.48 bits per heavy atom. The molecule has 1 fully saturated rings. The highest BCUT2D eigenvalue weighted by molar-refractivity contribution is 7.89.